The minimum absolute atomic E-state index is 0.0232. The van der Waals surface area contributed by atoms with Gasteiger partial charge in [-0.1, -0.05) is 13.8 Å². The van der Waals surface area contributed by atoms with Crippen molar-refractivity contribution in [1.82, 2.24) is 0 Å². The molecule has 1 saturated heterocycles. The van der Waals surface area contributed by atoms with E-state index in [1.807, 2.05) is 6.92 Å². The zero-order chi connectivity index (χ0) is 24.5. The van der Waals surface area contributed by atoms with Gasteiger partial charge in [-0.15, -0.1) is 0 Å². The molecule has 194 valence electrons. The van der Waals surface area contributed by atoms with Gasteiger partial charge in [-0.2, -0.15) is 0 Å². The van der Waals surface area contributed by atoms with Gasteiger partial charge in [0.05, 0.1) is 30.0 Å². The predicted octanol–water partition coefficient (Wildman–Crippen LogP) is 4.21. The molecule has 5 fully saturated rings. The fraction of sp³-hybridized carbons (Fsp3) is 0.964. The SMILES string of the molecule is CO[C@@H]1C[C@H](O[C@@H]2CC[C@]3(C)[C@H](CC[C@H]4[C@H]3CC[C@@]3(C)[C@H](C(C)=O)CC[C@]43O)C2)O[C@H](C)[C@H]1N. The molecule has 0 aromatic rings. The predicted molar refractivity (Wildman–Crippen MR) is 130 cm³/mol. The van der Waals surface area contributed by atoms with Crippen molar-refractivity contribution in [2.75, 3.05) is 7.11 Å². The lowest BCUT2D eigenvalue weighted by molar-refractivity contribution is -0.255. The van der Waals surface area contributed by atoms with Crippen LogP contribution in [0.15, 0.2) is 0 Å². The van der Waals surface area contributed by atoms with Gasteiger partial charge in [-0.05, 0) is 94.8 Å². The highest BCUT2D eigenvalue weighted by Crippen LogP contribution is 2.69. The van der Waals surface area contributed by atoms with E-state index in [9.17, 15) is 9.90 Å². The number of Topliss-reactive ketones (excluding diaryl/α,β-unsaturated/α-hetero) is 1. The van der Waals surface area contributed by atoms with Crippen LogP contribution in [-0.2, 0) is 19.0 Å². The van der Waals surface area contributed by atoms with Gasteiger partial charge in [0.25, 0.3) is 0 Å². The second kappa shape index (κ2) is 8.79. The summed E-state index contributed by atoms with van der Waals surface area (Å²) in [4.78, 5) is 12.4. The van der Waals surface area contributed by atoms with E-state index in [0.717, 1.165) is 57.8 Å². The molecule has 0 radical (unpaired) electrons. The van der Waals surface area contributed by atoms with Crippen molar-refractivity contribution in [2.24, 2.45) is 40.2 Å². The molecular formula is C28H47NO5. The lowest BCUT2D eigenvalue weighted by Gasteiger charge is -2.63. The maximum atomic E-state index is 12.4. The Labute approximate surface area is 205 Å². The molecule has 0 unspecified atom stereocenters. The lowest BCUT2D eigenvalue weighted by Crippen LogP contribution is -2.62. The number of carbonyl (C=O) groups is 1. The first kappa shape index (κ1) is 25.1. The Morgan fingerprint density at radius 1 is 1.03 bits per heavy atom. The third-order valence-corrected chi connectivity index (χ3v) is 11.7. The van der Waals surface area contributed by atoms with E-state index >= 15 is 0 Å². The number of hydrogen-bond donors (Lipinski definition) is 2. The molecule has 6 heteroatoms. The molecule has 0 amide bonds. The average Bonchev–Trinajstić information content (AvgIpc) is 3.07. The molecule has 4 aliphatic carbocycles. The second-order valence-corrected chi connectivity index (χ2v) is 13.0. The standard InChI is InChI=1S/C28H47NO5/c1-16(30)20-10-13-28(31)22-7-6-18-14-19(34-24-15-23(32-5)25(29)17(2)33-24)8-11-26(18,3)21(22)9-12-27(20,28)4/h17-25,31H,6-15,29H2,1-5H3/t17-,18-,19-,20+,21-,22+,23-,24+,25-,26-,27+,28+/m1/s1. The fourth-order valence-corrected chi connectivity index (χ4v) is 9.55. The summed E-state index contributed by atoms with van der Waals surface area (Å²) in [6.07, 6.45) is 9.80. The molecule has 6 nitrogen and oxygen atoms in total. The maximum absolute atomic E-state index is 12.4. The van der Waals surface area contributed by atoms with E-state index in [1.54, 1.807) is 14.0 Å². The number of aliphatic hydroxyl groups is 1. The van der Waals surface area contributed by atoms with Crippen LogP contribution in [0.25, 0.3) is 0 Å². The van der Waals surface area contributed by atoms with Crippen molar-refractivity contribution in [3.05, 3.63) is 0 Å². The topological polar surface area (TPSA) is 91.0 Å². The Bertz CT molecular complexity index is 791. The van der Waals surface area contributed by atoms with Crippen LogP contribution in [0.1, 0.15) is 91.9 Å². The molecule has 1 aliphatic heterocycles. The quantitative estimate of drug-likeness (QED) is 0.590. The minimum Gasteiger partial charge on any atom is -0.389 e. The summed E-state index contributed by atoms with van der Waals surface area (Å²) in [5.74, 6) is 1.77. The van der Waals surface area contributed by atoms with Gasteiger partial charge in [0.1, 0.15) is 5.78 Å². The molecular weight excluding hydrogens is 430 g/mol. The van der Waals surface area contributed by atoms with Crippen LogP contribution in [0.5, 0.6) is 0 Å². The minimum atomic E-state index is -0.687. The molecule has 0 spiro atoms. The van der Waals surface area contributed by atoms with Crippen molar-refractivity contribution in [3.8, 4) is 0 Å². The van der Waals surface area contributed by atoms with Gasteiger partial charge in [0.15, 0.2) is 6.29 Å². The number of ether oxygens (including phenoxy) is 3. The van der Waals surface area contributed by atoms with Crippen LogP contribution in [0.2, 0.25) is 0 Å². The summed E-state index contributed by atoms with van der Waals surface area (Å²) in [6, 6.07) is -0.115. The number of methoxy groups -OCH3 is 1. The molecule has 1 heterocycles. The van der Waals surface area contributed by atoms with E-state index in [4.69, 9.17) is 19.9 Å². The van der Waals surface area contributed by atoms with E-state index in [0.29, 0.717) is 24.2 Å². The van der Waals surface area contributed by atoms with Crippen LogP contribution in [0.4, 0.5) is 0 Å². The third kappa shape index (κ3) is 3.65. The van der Waals surface area contributed by atoms with E-state index < -0.39 is 5.60 Å². The number of rotatable bonds is 4. The van der Waals surface area contributed by atoms with Gasteiger partial charge in [0.2, 0.25) is 0 Å². The smallest absolute Gasteiger partial charge is 0.160 e. The van der Waals surface area contributed by atoms with Crippen LogP contribution < -0.4 is 5.73 Å². The lowest BCUT2D eigenvalue weighted by atomic mass is 9.43. The molecule has 0 aromatic carbocycles. The van der Waals surface area contributed by atoms with Crippen molar-refractivity contribution >= 4 is 5.78 Å². The Hall–Kier alpha value is -0.530. The second-order valence-electron chi connectivity index (χ2n) is 13.0. The summed E-state index contributed by atoms with van der Waals surface area (Å²) in [7, 11) is 1.72. The van der Waals surface area contributed by atoms with E-state index in [-0.39, 0.29) is 53.2 Å². The molecule has 0 bridgehead atoms. The number of hydrogen-bond acceptors (Lipinski definition) is 6. The Kier molecular flexibility index (Phi) is 6.50. The largest absolute Gasteiger partial charge is 0.389 e. The van der Waals surface area contributed by atoms with Gasteiger partial charge in [-0.3, -0.25) is 4.79 Å². The monoisotopic (exact) mass is 477 g/mol. The zero-order valence-corrected chi connectivity index (χ0v) is 21.9. The summed E-state index contributed by atoms with van der Waals surface area (Å²) in [5, 5.41) is 12.1. The van der Waals surface area contributed by atoms with Crippen molar-refractivity contribution in [1.29, 1.82) is 0 Å². The zero-order valence-electron chi connectivity index (χ0n) is 21.9. The molecule has 34 heavy (non-hydrogen) atoms. The normalized spacial score (nSPS) is 55.2. The average molecular weight is 478 g/mol. The van der Waals surface area contributed by atoms with Crippen molar-refractivity contribution in [3.63, 3.8) is 0 Å². The summed E-state index contributed by atoms with van der Waals surface area (Å²) >= 11 is 0. The van der Waals surface area contributed by atoms with Gasteiger partial charge < -0.3 is 25.1 Å². The molecule has 4 saturated carbocycles. The first-order valence-electron chi connectivity index (χ1n) is 13.9. The Morgan fingerprint density at radius 2 is 1.79 bits per heavy atom. The fourth-order valence-electron chi connectivity index (χ4n) is 9.55. The van der Waals surface area contributed by atoms with Crippen molar-refractivity contribution < 1.29 is 24.1 Å². The van der Waals surface area contributed by atoms with E-state index in [1.165, 1.54) is 0 Å². The summed E-state index contributed by atoms with van der Waals surface area (Å²) in [5.41, 5.74) is 5.54. The van der Waals surface area contributed by atoms with Crippen LogP contribution in [-0.4, -0.2) is 54.2 Å². The summed E-state index contributed by atoms with van der Waals surface area (Å²) < 4.78 is 18.2. The first-order valence-corrected chi connectivity index (χ1v) is 13.9. The Morgan fingerprint density at radius 3 is 2.50 bits per heavy atom. The first-order chi connectivity index (χ1) is 16.0. The van der Waals surface area contributed by atoms with E-state index in [2.05, 4.69) is 13.8 Å². The number of ketones is 1. The Balaban J connectivity index is 1.27. The summed E-state index contributed by atoms with van der Waals surface area (Å²) in [6.45, 7) is 8.44. The van der Waals surface area contributed by atoms with Gasteiger partial charge in [-0.25, -0.2) is 0 Å². The molecule has 0 aromatic heterocycles. The number of carbonyl (C=O) groups excluding carboxylic acids is 1. The number of nitrogens with two attached hydrogens (primary N) is 1. The molecule has 5 rings (SSSR count). The van der Waals surface area contributed by atoms with Crippen LogP contribution >= 0.6 is 0 Å². The highest BCUT2D eigenvalue weighted by molar-refractivity contribution is 5.80. The van der Waals surface area contributed by atoms with Crippen LogP contribution in [0, 0.1) is 34.5 Å². The third-order valence-electron chi connectivity index (χ3n) is 11.7. The molecule has 3 N–H and O–H groups in total. The molecule has 5 aliphatic rings. The van der Waals surface area contributed by atoms with Crippen LogP contribution in [0.3, 0.4) is 0 Å². The highest BCUT2D eigenvalue weighted by atomic mass is 16.7. The maximum Gasteiger partial charge on any atom is 0.160 e. The van der Waals surface area contributed by atoms with Gasteiger partial charge >= 0.3 is 0 Å². The highest BCUT2D eigenvalue weighted by Gasteiger charge is 2.67. The molecule has 12 atom stereocenters. The van der Waals surface area contributed by atoms with Crippen molar-refractivity contribution in [2.45, 2.75) is 128 Å². The van der Waals surface area contributed by atoms with Gasteiger partial charge in [0, 0.05) is 24.9 Å². The number of fused-ring (bicyclic) bond motifs is 5.